The van der Waals surface area contributed by atoms with E-state index in [4.69, 9.17) is 5.73 Å². The number of aromatic nitrogens is 4. The van der Waals surface area contributed by atoms with E-state index in [1.807, 2.05) is 29.8 Å². The van der Waals surface area contributed by atoms with Crippen LogP contribution in [0.2, 0.25) is 0 Å². The van der Waals surface area contributed by atoms with Crippen LogP contribution in [0.5, 0.6) is 0 Å². The zero-order valence-corrected chi connectivity index (χ0v) is 11.6. The first kappa shape index (κ1) is 12.1. The summed E-state index contributed by atoms with van der Waals surface area (Å²) in [4.78, 5) is 0. The van der Waals surface area contributed by atoms with E-state index in [1.54, 1.807) is 0 Å². The third-order valence-corrected chi connectivity index (χ3v) is 4.17. The van der Waals surface area contributed by atoms with E-state index in [2.05, 4.69) is 29.4 Å². The zero-order chi connectivity index (χ0) is 13.6. The standard InChI is InChI=1S/C14H19N5/c1-9-5-4-6-11(15)12(9)13-16-17-18-19(13)8-10-7-14(10,2)3/h4-6,10H,7-8,15H2,1-3H3. The van der Waals surface area contributed by atoms with Crippen LogP contribution in [0.15, 0.2) is 18.2 Å². The first-order valence-corrected chi connectivity index (χ1v) is 6.60. The van der Waals surface area contributed by atoms with Crippen LogP contribution in [0, 0.1) is 18.3 Å². The van der Waals surface area contributed by atoms with Crippen LogP contribution in [0.1, 0.15) is 25.8 Å². The van der Waals surface area contributed by atoms with Crippen molar-refractivity contribution in [3.63, 3.8) is 0 Å². The van der Waals surface area contributed by atoms with Crippen LogP contribution in [0.4, 0.5) is 5.69 Å². The summed E-state index contributed by atoms with van der Waals surface area (Å²) in [6, 6.07) is 5.88. The highest BCUT2D eigenvalue weighted by Crippen LogP contribution is 2.52. The van der Waals surface area contributed by atoms with Crippen LogP contribution < -0.4 is 5.73 Å². The van der Waals surface area contributed by atoms with Crippen molar-refractivity contribution in [3.8, 4) is 11.4 Å². The minimum absolute atomic E-state index is 0.417. The summed E-state index contributed by atoms with van der Waals surface area (Å²) in [7, 11) is 0. The Labute approximate surface area is 112 Å². The maximum absolute atomic E-state index is 6.07. The van der Waals surface area contributed by atoms with E-state index in [9.17, 15) is 0 Å². The minimum Gasteiger partial charge on any atom is -0.398 e. The maximum Gasteiger partial charge on any atom is 0.184 e. The molecule has 1 fully saturated rings. The van der Waals surface area contributed by atoms with Gasteiger partial charge in [-0.1, -0.05) is 26.0 Å². The van der Waals surface area contributed by atoms with E-state index in [0.717, 1.165) is 29.2 Å². The van der Waals surface area contributed by atoms with Crippen LogP contribution in [-0.2, 0) is 6.54 Å². The Morgan fingerprint density at radius 2 is 2.16 bits per heavy atom. The third-order valence-electron chi connectivity index (χ3n) is 4.17. The predicted octanol–water partition coefficient (Wildman–Crippen LogP) is 2.28. The zero-order valence-electron chi connectivity index (χ0n) is 11.6. The summed E-state index contributed by atoms with van der Waals surface area (Å²) >= 11 is 0. The number of hydrogen-bond donors (Lipinski definition) is 1. The van der Waals surface area contributed by atoms with Crippen molar-refractivity contribution < 1.29 is 0 Å². The number of anilines is 1. The van der Waals surface area contributed by atoms with Gasteiger partial charge >= 0.3 is 0 Å². The number of nitrogens with two attached hydrogens (primary N) is 1. The molecule has 0 radical (unpaired) electrons. The monoisotopic (exact) mass is 257 g/mol. The lowest BCUT2D eigenvalue weighted by molar-refractivity contribution is 0.467. The number of rotatable bonds is 3. The van der Waals surface area contributed by atoms with E-state index < -0.39 is 0 Å². The molecule has 0 bridgehead atoms. The fourth-order valence-corrected chi connectivity index (χ4v) is 2.60. The maximum atomic E-state index is 6.07. The van der Waals surface area contributed by atoms with Gasteiger partial charge in [0.2, 0.25) is 0 Å². The Balaban J connectivity index is 1.96. The van der Waals surface area contributed by atoms with Crippen molar-refractivity contribution >= 4 is 5.69 Å². The lowest BCUT2D eigenvalue weighted by atomic mass is 10.1. The van der Waals surface area contributed by atoms with Crippen molar-refractivity contribution in [2.24, 2.45) is 11.3 Å². The van der Waals surface area contributed by atoms with Gasteiger partial charge in [-0.3, -0.25) is 0 Å². The average Bonchev–Trinajstić information content (AvgIpc) is 2.71. The molecule has 0 aliphatic heterocycles. The van der Waals surface area contributed by atoms with Gasteiger partial charge in [-0.15, -0.1) is 5.10 Å². The number of aryl methyl sites for hydroxylation is 1. The molecule has 0 amide bonds. The molecule has 5 heteroatoms. The van der Waals surface area contributed by atoms with Gasteiger partial charge in [-0.05, 0) is 46.7 Å². The lowest BCUT2D eigenvalue weighted by Crippen LogP contribution is -2.09. The fourth-order valence-electron chi connectivity index (χ4n) is 2.60. The van der Waals surface area contributed by atoms with Gasteiger partial charge in [0.15, 0.2) is 5.82 Å². The Morgan fingerprint density at radius 1 is 1.42 bits per heavy atom. The quantitative estimate of drug-likeness (QED) is 0.856. The van der Waals surface area contributed by atoms with Crippen molar-refractivity contribution in [2.75, 3.05) is 5.73 Å². The summed E-state index contributed by atoms with van der Waals surface area (Å²) in [6.45, 7) is 7.46. The molecule has 0 saturated heterocycles. The number of hydrogen-bond acceptors (Lipinski definition) is 4. The van der Waals surface area contributed by atoms with Gasteiger partial charge in [0, 0.05) is 17.8 Å². The number of tetrazole rings is 1. The summed E-state index contributed by atoms with van der Waals surface area (Å²) in [5, 5.41) is 12.1. The third kappa shape index (κ3) is 2.09. The molecule has 1 saturated carbocycles. The van der Waals surface area contributed by atoms with E-state index in [1.165, 1.54) is 6.42 Å². The summed E-state index contributed by atoms with van der Waals surface area (Å²) in [5.41, 5.74) is 9.27. The van der Waals surface area contributed by atoms with Crippen molar-refractivity contribution in [1.29, 1.82) is 0 Å². The van der Waals surface area contributed by atoms with Gasteiger partial charge < -0.3 is 5.73 Å². The first-order valence-electron chi connectivity index (χ1n) is 6.60. The van der Waals surface area contributed by atoms with Gasteiger partial charge in [-0.2, -0.15) is 0 Å². The molecular formula is C14H19N5. The van der Waals surface area contributed by atoms with Crippen LogP contribution >= 0.6 is 0 Å². The molecule has 1 aromatic heterocycles. The van der Waals surface area contributed by atoms with Gasteiger partial charge in [0.05, 0.1) is 0 Å². The largest absolute Gasteiger partial charge is 0.398 e. The summed E-state index contributed by atoms with van der Waals surface area (Å²) in [5.74, 6) is 1.43. The topological polar surface area (TPSA) is 69.6 Å². The SMILES string of the molecule is Cc1cccc(N)c1-c1nnnn1CC1CC1(C)C. The molecule has 2 N–H and O–H groups in total. The second-order valence-corrected chi connectivity index (χ2v) is 6.11. The summed E-state index contributed by atoms with van der Waals surface area (Å²) in [6.07, 6.45) is 1.23. The molecule has 2 aromatic rings. The Hall–Kier alpha value is -1.91. The highest BCUT2D eigenvalue weighted by atomic mass is 15.5. The van der Waals surface area contributed by atoms with E-state index >= 15 is 0 Å². The summed E-state index contributed by atoms with van der Waals surface area (Å²) < 4.78 is 1.89. The molecule has 100 valence electrons. The van der Waals surface area contributed by atoms with Crippen LogP contribution in [0.25, 0.3) is 11.4 Å². The molecule has 1 aliphatic carbocycles. The normalized spacial score (nSPS) is 20.5. The smallest absolute Gasteiger partial charge is 0.184 e. The van der Waals surface area contributed by atoms with E-state index in [-0.39, 0.29) is 0 Å². The fraction of sp³-hybridized carbons (Fsp3) is 0.500. The molecular weight excluding hydrogens is 238 g/mol. The molecule has 1 unspecified atom stereocenters. The van der Waals surface area contributed by atoms with Gasteiger partial charge in [0.25, 0.3) is 0 Å². The van der Waals surface area contributed by atoms with Crippen molar-refractivity contribution in [1.82, 2.24) is 20.2 Å². The molecule has 5 nitrogen and oxygen atoms in total. The van der Waals surface area contributed by atoms with Crippen LogP contribution in [0.3, 0.4) is 0 Å². The molecule has 1 aromatic carbocycles. The minimum atomic E-state index is 0.417. The van der Waals surface area contributed by atoms with E-state index in [0.29, 0.717) is 11.3 Å². The second kappa shape index (κ2) is 4.05. The lowest BCUT2D eigenvalue weighted by Gasteiger charge is -2.10. The molecule has 0 spiro atoms. The molecule has 1 atom stereocenters. The van der Waals surface area contributed by atoms with Gasteiger partial charge in [0.1, 0.15) is 0 Å². The first-order chi connectivity index (χ1) is 8.99. The second-order valence-electron chi connectivity index (χ2n) is 6.11. The van der Waals surface area contributed by atoms with Gasteiger partial charge in [-0.25, -0.2) is 4.68 Å². The number of nitrogens with zero attached hydrogens (tertiary/aromatic N) is 4. The number of benzene rings is 1. The molecule has 3 rings (SSSR count). The Bertz CT molecular complexity index is 594. The number of nitrogen functional groups attached to an aromatic ring is 1. The highest BCUT2D eigenvalue weighted by Gasteiger charge is 2.46. The average molecular weight is 257 g/mol. The predicted molar refractivity (Wildman–Crippen MR) is 74.3 cm³/mol. The van der Waals surface area contributed by atoms with Crippen molar-refractivity contribution in [2.45, 2.75) is 33.7 Å². The molecule has 19 heavy (non-hydrogen) atoms. The Kier molecular flexibility index (Phi) is 2.59. The molecule has 1 aliphatic rings. The Morgan fingerprint density at radius 3 is 2.79 bits per heavy atom. The highest BCUT2D eigenvalue weighted by molar-refractivity contribution is 5.74. The molecule has 1 heterocycles. The van der Waals surface area contributed by atoms with Crippen molar-refractivity contribution in [3.05, 3.63) is 23.8 Å². The van der Waals surface area contributed by atoms with Crippen LogP contribution in [-0.4, -0.2) is 20.2 Å².